The molecule has 0 saturated heterocycles. The summed E-state index contributed by atoms with van der Waals surface area (Å²) in [5.41, 5.74) is 2.40. The van der Waals surface area contributed by atoms with E-state index in [-0.39, 0.29) is 11.4 Å². The Balaban J connectivity index is 2.04. The number of hydrogen-bond acceptors (Lipinski definition) is 3. The van der Waals surface area contributed by atoms with Gasteiger partial charge in [0.2, 0.25) is 5.91 Å². The van der Waals surface area contributed by atoms with E-state index in [4.69, 9.17) is 0 Å². The van der Waals surface area contributed by atoms with Crippen molar-refractivity contribution in [3.63, 3.8) is 0 Å². The molecule has 1 aliphatic heterocycles. The van der Waals surface area contributed by atoms with Crippen LogP contribution in [0.4, 0.5) is 11.4 Å². The van der Waals surface area contributed by atoms with Crippen LogP contribution in [0.5, 0.6) is 0 Å². The molecule has 0 radical (unpaired) electrons. The third-order valence-corrected chi connectivity index (χ3v) is 3.76. The SMILES string of the molecule is CC(=O)N1CC2(CC2)Nc2cscc21. The van der Waals surface area contributed by atoms with Gasteiger partial charge in [0, 0.05) is 24.2 Å². The topological polar surface area (TPSA) is 32.3 Å². The number of carbonyl (C=O) groups excluding carboxylic acids is 1. The molecule has 2 aliphatic rings. The summed E-state index contributed by atoms with van der Waals surface area (Å²) < 4.78 is 0. The molecule has 0 bridgehead atoms. The predicted octanol–water partition coefficient (Wildman–Crippen LogP) is 2.06. The van der Waals surface area contributed by atoms with Crippen molar-refractivity contribution in [3.8, 4) is 0 Å². The van der Waals surface area contributed by atoms with E-state index in [0.29, 0.717) is 0 Å². The lowest BCUT2D eigenvalue weighted by Gasteiger charge is -2.33. The largest absolute Gasteiger partial charge is 0.375 e. The van der Waals surface area contributed by atoms with Gasteiger partial charge in [-0.3, -0.25) is 4.79 Å². The molecule has 3 nitrogen and oxygen atoms in total. The van der Waals surface area contributed by atoms with E-state index >= 15 is 0 Å². The first-order chi connectivity index (χ1) is 6.70. The molecule has 0 aromatic carbocycles. The Morgan fingerprint density at radius 2 is 2.36 bits per heavy atom. The minimum Gasteiger partial charge on any atom is -0.375 e. The van der Waals surface area contributed by atoms with Crippen molar-refractivity contribution >= 4 is 28.6 Å². The Morgan fingerprint density at radius 3 is 3.00 bits per heavy atom. The van der Waals surface area contributed by atoms with Crippen LogP contribution in [0.3, 0.4) is 0 Å². The Bertz CT molecular complexity index is 395. The van der Waals surface area contributed by atoms with Crippen LogP contribution in [-0.2, 0) is 4.79 Å². The van der Waals surface area contributed by atoms with Gasteiger partial charge in [-0.05, 0) is 12.8 Å². The van der Waals surface area contributed by atoms with Gasteiger partial charge in [-0.15, -0.1) is 11.3 Å². The lowest BCUT2D eigenvalue weighted by Crippen LogP contribution is -2.45. The number of rotatable bonds is 0. The molecule has 74 valence electrons. The van der Waals surface area contributed by atoms with Gasteiger partial charge in [-0.1, -0.05) is 0 Å². The Morgan fingerprint density at radius 1 is 1.57 bits per heavy atom. The number of nitrogens with zero attached hydrogens (tertiary/aromatic N) is 1. The number of anilines is 2. The van der Waals surface area contributed by atoms with E-state index in [1.165, 1.54) is 12.8 Å². The molecule has 1 amide bonds. The molecular weight excluding hydrogens is 196 g/mol. The van der Waals surface area contributed by atoms with E-state index in [1.54, 1.807) is 18.3 Å². The molecule has 1 aromatic heterocycles. The zero-order valence-electron chi connectivity index (χ0n) is 8.04. The van der Waals surface area contributed by atoms with E-state index in [0.717, 1.165) is 17.9 Å². The second-order valence-corrected chi connectivity index (χ2v) is 4.92. The number of fused-ring (bicyclic) bond motifs is 1. The van der Waals surface area contributed by atoms with Gasteiger partial charge >= 0.3 is 0 Å². The first-order valence-corrected chi connectivity index (χ1v) is 5.77. The molecule has 1 spiro atoms. The van der Waals surface area contributed by atoms with Crippen LogP contribution in [0.2, 0.25) is 0 Å². The molecule has 14 heavy (non-hydrogen) atoms. The maximum absolute atomic E-state index is 11.5. The normalized spacial score (nSPS) is 21.6. The van der Waals surface area contributed by atoms with Gasteiger partial charge < -0.3 is 10.2 Å². The maximum Gasteiger partial charge on any atom is 0.224 e. The lowest BCUT2D eigenvalue weighted by atomic mass is 10.1. The minimum absolute atomic E-state index is 0.150. The van der Waals surface area contributed by atoms with Gasteiger partial charge in [-0.2, -0.15) is 0 Å². The summed E-state index contributed by atoms with van der Waals surface area (Å²) in [5.74, 6) is 0.150. The summed E-state index contributed by atoms with van der Waals surface area (Å²) in [6.07, 6.45) is 2.37. The highest BCUT2D eigenvalue weighted by molar-refractivity contribution is 7.09. The van der Waals surface area contributed by atoms with Crippen LogP contribution in [0, 0.1) is 0 Å². The third-order valence-electron chi connectivity index (χ3n) is 3.03. The van der Waals surface area contributed by atoms with Crippen LogP contribution in [0.1, 0.15) is 19.8 Å². The summed E-state index contributed by atoms with van der Waals surface area (Å²) in [5, 5.41) is 7.66. The molecule has 0 atom stereocenters. The fraction of sp³-hybridized carbons (Fsp3) is 0.500. The average Bonchev–Trinajstić information content (AvgIpc) is 2.73. The lowest BCUT2D eigenvalue weighted by molar-refractivity contribution is -0.116. The summed E-state index contributed by atoms with van der Waals surface area (Å²) in [4.78, 5) is 13.4. The van der Waals surface area contributed by atoms with Crippen LogP contribution < -0.4 is 10.2 Å². The number of hydrogen-bond donors (Lipinski definition) is 1. The second kappa shape index (κ2) is 2.51. The molecule has 1 fully saturated rings. The summed E-state index contributed by atoms with van der Waals surface area (Å²) in [6, 6.07) is 0. The zero-order chi connectivity index (χ0) is 9.76. The van der Waals surface area contributed by atoms with Crippen molar-refractivity contribution in [2.24, 2.45) is 0 Å². The average molecular weight is 208 g/mol. The fourth-order valence-corrected chi connectivity index (χ4v) is 2.79. The van der Waals surface area contributed by atoms with Crippen molar-refractivity contribution in [1.29, 1.82) is 0 Å². The smallest absolute Gasteiger partial charge is 0.224 e. The van der Waals surface area contributed by atoms with Gasteiger partial charge in [0.1, 0.15) is 0 Å². The molecule has 1 aliphatic carbocycles. The van der Waals surface area contributed by atoms with Crippen molar-refractivity contribution < 1.29 is 4.79 Å². The van der Waals surface area contributed by atoms with E-state index in [1.807, 2.05) is 10.3 Å². The number of amides is 1. The zero-order valence-corrected chi connectivity index (χ0v) is 8.86. The minimum atomic E-state index is 0.150. The third kappa shape index (κ3) is 1.07. The summed E-state index contributed by atoms with van der Waals surface area (Å²) in [6.45, 7) is 2.48. The van der Waals surface area contributed by atoms with E-state index < -0.39 is 0 Å². The quantitative estimate of drug-likeness (QED) is 0.707. The van der Waals surface area contributed by atoms with Crippen molar-refractivity contribution in [1.82, 2.24) is 0 Å². The second-order valence-electron chi connectivity index (χ2n) is 4.18. The van der Waals surface area contributed by atoms with Gasteiger partial charge in [-0.25, -0.2) is 0 Å². The van der Waals surface area contributed by atoms with Crippen LogP contribution in [0.15, 0.2) is 10.8 Å². The van der Waals surface area contributed by atoms with Crippen molar-refractivity contribution in [3.05, 3.63) is 10.8 Å². The maximum atomic E-state index is 11.5. The van der Waals surface area contributed by atoms with Gasteiger partial charge in [0.25, 0.3) is 0 Å². The Kier molecular flexibility index (Phi) is 1.49. The number of carbonyl (C=O) groups is 1. The van der Waals surface area contributed by atoms with Gasteiger partial charge in [0.15, 0.2) is 0 Å². The van der Waals surface area contributed by atoms with Crippen LogP contribution >= 0.6 is 11.3 Å². The van der Waals surface area contributed by atoms with Crippen molar-refractivity contribution in [2.75, 3.05) is 16.8 Å². The van der Waals surface area contributed by atoms with Gasteiger partial charge in [0.05, 0.1) is 16.9 Å². The number of nitrogens with one attached hydrogen (secondary N) is 1. The predicted molar refractivity (Wildman–Crippen MR) is 57.9 cm³/mol. The Hall–Kier alpha value is -1.03. The molecule has 1 aromatic rings. The van der Waals surface area contributed by atoms with Crippen LogP contribution in [0.25, 0.3) is 0 Å². The molecule has 0 unspecified atom stereocenters. The highest BCUT2D eigenvalue weighted by Gasteiger charge is 2.48. The van der Waals surface area contributed by atoms with E-state index in [2.05, 4.69) is 10.7 Å². The van der Waals surface area contributed by atoms with Crippen molar-refractivity contribution in [2.45, 2.75) is 25.3 Å². The first kappa shape index (κ1) is 8.29. The molecule has 1 saturated carbocycles. The standard InChI is InChI=1S/C10H12N2OS/c1-7(13)12-6-10(2-3-10)11-8-4-14-5-9(8)12/h4-5,11H,2-3,6H2,1H3. The first-order valence-electron chi connectivity index (χ1n) is 4.83. The van der Waals surface area contributed by atoms with Crippen LogP contribution in [-0.4, -0.2) is 18.0 Å². The molecule has 1 N–H and O–H groups in total. The summed E-state index contributed by atoms with van der Waals surface area (Å²) >= 11 is 1.65. The summed E-state index contributed by atoms with van der Waals surface area (Å²) in [7, 11) is 0. The monoisotopic (exact) mass is 208 g/mol. The highest BCUT2D eigenvalue weighted by Crippen LogP contribution is 2.47. The molecule has 4 heteroatoms. The highest BCUT2D eigenvalue weighted by atomic mass is 32.1. The fourth-order valence-electron chi connectivity index (χ4n) is 2.02. The molecular formula is C10H12N2OS. The molecule has 3 rings (SSSR count). The number of thiophene rings is 1. The Labute approximate surface area is 86.7 Å². The van der Waals surface area contributed by atoms with E-state index in [9.17, 15) is 4.79 Å². The molecule has 2 heterocycles.